The molecule has 162 valence electrons. The standard InChI is InChI=1S/C23H26F3NO3/c1-21(2)8-9-22(3,4)18-12-20(29-5)16(11-17(18)21)15-10-14(13-27-28)6-7-19(15)30-23(24,25)26/h6-7,10-13,28H,8-9H2,1-5H3. The Morgan fingerprint density at radius 2 is 1.50 bits per heavy atom. The third kappa shape index (κ3) is 4.25. The Hall–Kier alpha value is -2.70. The summed E-state index contributed by atoms with van der Waals surface area (Å²) in [6.45, 7) is 8.60. The summed E-state index contributed by atoms with van der Waals surface area (Å²) in [6, 6.07) is 7.94. The Morgan fingerprint density at radius 1 is 0.933 bits per heavy atom. The monoisotopic (exact) mass is 421 g/mol. The van der Waals surface area contributed by atoms with Crippen LogP contribution in [0.5, 0.6) is 11.5 Å². The third-order valence-corrected chi connectivity index (χ3v) is 5.90. The molecule has 0 aromatic heterocycles. The number of hydrogen-bond acceptors (Lipinski definition) is 4. The van der Waals surface area contributed by atoms with E-state index in [1.807, 2.05) is 12.1 Å². The fourth-order valence-electron chi connectivity index (χ4n) is 4.09. The van der Waals surface area contributed by atoms with Crippen LogP contribution in [-0.2, 0) is 10.8 Å². The highest BCUT2D eigenvalue weighted by Crippen LogP contribution is 2.50. The fourth-order valence-corrected chi connectivity index (χ4v) is 4.09. The molecule has 0 amide bonds. The molecule has 0 saturated carbocycles. The molecular weight excluding hydrogens is 395 g/mol. The van der Waals surface area contributed by atoms with Gasteiger partial charge in [0.2, 0.25) is 0 Å². The molecule has 3 rings (SSSR count). The van der Waals surface area contributed by atoms with Gasteiger partial charge in [-0.05, 0) is 70.7 Å². The van der Waals surface area contributed by atoms with Crippen LogP contribution in [0, 0.1) is 0 Å². The normalized spacial score (nSPS) is 17.6. The predicted molar refractivity (Wildman–Crippen MR) is 110 cm³/mol. The Kier molecular flexibility index (Phi) is 5.52. The lowest BCUT2D eigenvalue weighted by atomic mass is 9.62. The van der Waals surface area contributed by atoms with Gasteiger partial charge in [0.05, 0.1) is 13.3 Å². The van der Waals surface area contributed by atoms with E-state index in [1.165, 1.54) is 25.3 Å². The van der Waals surface area contributed by atoms with Crippen LogP contribution in [0.3, 0.4) is 0 Å². The Bertz CT molecular complexity index is 978. The van der Waals surface area contributed by atoms with E-state index in [-0.39, 0.29) is 22.1 Å². The first-order valence-corrected chi connectivity index (χ1v) is 9.68. The molecule has 0 bridgehead atoms. The van der Waals surface area contributed by atoms with Crippen molar-refractivity contribution in [2.24, 2.45) is 5.16 Å². The van der Waals surface area contributed by atoms with Crippen LogP contribution in [0.2, 0.25) is 0 Å². The molecule has 0 saturated heterocycles. The van der Waals surface area contributed by atoms with E-state index in [9.17, 15) is 13.2 Å². The highest BCUT2D eigenvalue weighted by Gasteiger charge is 2.38. The maximum atomic E-state index is 13.0. The molecule has 1 aliphatic carbocycles. The number of hydrogen-bond donors (Lipinski definition) is 1. The second kappa shape index (κ2) is 7.52. The van der Waals surface area contributed by atoms with Gasteiger partial charge in [0, 0.05) is 11.1 Å². The van der Waals surface area contributed by atoms with Crippen molar-refractivity contribution >= 4 is 6.21 Å². The third-order valence-electron chi connectivity index (χ3n) is 5.90. The Labute approximate surface area is 174 Å². The van der Waals surface area contributed by atoms with Crippen molar-refractivity contribution in [2.45, 2.75) is 57.7 Å². The second-order valence-electron chi connectivity index (χ2n) is 8.91. The molecule has 0 spiro atoms. The minimum atomic E-state index is -4.84. The lowest BCUT2D eigenvalue weighted by Gasteiger charge is -2.42. The number of benzene rings is 2. The highest BCUT2D eigenvalue weighted by molar-refractivity contribution is 5.86. The van der Waals surface area contributed by atoms with E-state index in [2.05, 4.69) is 37.6 Å². The maximum absolute atomic E-state index is 13.0. The van der Waals surface area contributed by atoms with Gasteiger partial charge in [-0.3, -0.25) is 0 Å². The van der Waals surface area contributed by atoms with Crippen LogP contribution in [0.4, 0.5) is 13.2 Å². The largest absolute Gasteiger partial charge is 0.573 e. The molecule has 7 heteroatoms. The zero-order chi connectivity index (χ0) is 22.3. The van der Waals surface area contributed by atoms with Crippen LogP contribution < -0.4 is 9.47 Å². The summed E-state index contributed by atoms with van der Waals surface area (Å²) in [6.07, 6.45) is -1.73. The lowest BCUT2D eigenvalue weighted by Crippen LogP contribution is -2.33. The average molecular weight is 421 g/mol. The van der Waals surface area contributed by atoms with Crippen LogP contribution in [0.1, 0.15) is 57.2 Å². The summed E-state index contributed by atoms with van der Waals surface area (Å²) < 4.78 is 49.0. The van der Waals surface area contributed by atoms with E-state index in [4.69, 9.17) is 9.94 Å². The zero-order valence-electron chi connectivity index (χ0n) is 17.7. The highest BCUT2D eigenvalue weighted by atomic mass is 19.4. The van der Waals surface area contributed by atoms with E-state index < -0.39 is 6.36 Å². The van der Waals surface area contributed by atoms with Gasteiger partial charge in [0.1, 0.15) is 11.5 Å². The van der Waals surface area contributed by atoms with Crippen molar-refractivity contribution < 1.29 is 27.9 Å². The van der Waals surface area contributed by atoms with Gasteiger partial charge < -0.3 is 14.7 Å². The molecule has 0 heterocycles. The molecule has 0 atom stereocenters. The number of methoxy groups -OCH3 is 1. The number of nitrogens with zero attached hydrogens (tertiary/aromatic N) is 1. The summed E-state index contributed by atoms with van der Waals surface area (Å²) in [5.41, 5.74) is 3.13. The average Bonchev–Trinajstić information content (AvgIpc) is 2.65. The molecule has 0 fully saturated rings. The molecule has 4 nitrogen and oxygen atoms in total. The first-order valence-electron chi connectivity index (χ1n) is 9.68. The van der Waals surface area contributed by atoms with Crippen molar-refractivity contribution in [1.82, 2.24) is 0 Å². The van der Waals surface area contributed by atoms with Crippen molar-refractivity contribution in [1.29, 1.82) is 0 Å². The van der Waals surface area contributed by atoms with Crippen molar-refractivity contribution in [2.75, 3.05) is 7.11 Å². The summed E-state index contributed by atoms with van der Waals surface area (Å²) in [4.78, 5) is 0. The van der Waals surface area contributed by atoms with Crippen molar-refractivity contribution in [3.8, 4) is 22.6 Å². The number of oxime groups is 1. The second-order valence-corrected chi connectivity index (χ2v) is 8.91. The smallest absolute Gasteiger partial charge is 0.496 e. The van der Waals surface area contributed by atoms with Gasteiger partial charge in [0.25, 0.3) is 0 Å². The van der Waals surface area contributed by atoms with E-state index in [0.29, 0.717) is 16.9 Å². The Morgan fingerprint density at radius 3 is 2.03 bits per heavy atom. The topological polar surface area (TPSA) is 51.0 Å². The Balaban J connectivity index is 2.31. The summed E-state index contributed by atoms with van der Waals surface area (Å²) in [5.74, 6) is 0.119. The van der Waals surface area contributed by atoms with Crippen molar-refractivity contribution in [3.63, 3.8) is 0 Å². The summed E-state index contributed by atoms with van der Waals surface area (Å²) in [7, 11) is 1.50. The van der Waals surface area contributed by atoms with Gasteiger partial charge in [0.15, 0.2) is 0 Å². The number of ether oxygens (including phenoxy) is 2. The van der Waals surface area contributed by atoms with E-state index in [0.717, 1.165) is 30.2 Å². The number of alkyl halides is 3. The van der Waals surface area contributed by atoms with Crippen LogP contribution in [0.15, 0.2) is 35.5 Å². The quantitative estimate of drug-likeness (QED) is 0.352. The van der Waals surface area contributed by atoms with Gasteiger partial charge >= 0.3 is 6.36 Å². The lowest BCUT2D eigenvalue weighted by molar-refractivity contribution is -0.274. The molecule has 0 aliphatic heterocycles. The minimum Gasteiger partial charge on any atom is -0.496 e. The molecular formula is C23H26F3NO3. The number of halogens is 3. The first kappa shape index (κ1) is 22.0. The molecule has 2 aromatic carbocycles. The predicted octanol–water partition coefficient (Wildman–Crippen LogP) is 6.42. The SMILES string of the molecule is COc1cc2c(cc1-c1cc(C=NO)ccc1OC(F)(F)F)C(C)(C)CCC2(C)C. The number of fused-ring (bicyclic) bond motifs is 1. The molecule has 1 aliphatic rings. The fraction of sp³-hybridized carbons (Fsp3) is 0.435. The molecule has 2 aromatic rings. The summed E-state index contributed by atoms with van der Waals surface area (Å²) >= 11 is 0. The van der Waals surface area contributed by atoms with Crippen LogP contribution in [-0.4, -0.2) is 24.9 Å². The molecule has 0 unspecified atom stereocenters. The van der Waals surface area contributed by atoms with Crippen LogP contribution >= 0.6 is 0 Å². The first-order chi connectivity index (χ1) is 13.9. The van der Waals surface area contributed by atoms with Gasteiger partial charge in [-0.15, -0.1) is 13.2 Å². The van der Waals surface area contributed by atoms with Gasteiger partial charge in [-0.25, -0.2) is 0 Å². The minimum absolute atomic E-state index is 0.0760. The summed E-state index contributed by atoms with van der Waals surface area (Å²) in [5, 5.41) is 11.8. The zero-order valence-corrected chi connectivity index (χ0v) is 17.7. The van der Waals surface area contributed by atoms with Gasteiger partial charge in [-0.2, -0.15) is 0 Å². The van der Waals surface area contributed by atoms with Gasteiger partial charge in [-0.1, -0.05) is 32.9 Å². The molecule has 30 heavy (non-hydrogen) atoms. The van der Waals surface area contributed by atoms with E-state index in [1.54, 1.807) is 0 Å². The van der Waals surface area contributed by atoms with Crippen molar-refractivity contribution in [3.05, 3.63) is 47.0 Å². The number of rotatable bonds is 4. The molecule has 0 radical (unpaired) electrons. The van der Waals surface area contributed by atoms with Crippen LogP contribution in [0.25, 0.3) is 11.1 Å². The maximum Gasteiger partial charge on any atom is 0.573 e. The molecule has 1 N–H and O–H groups in total. The van der Waals surface area contributed by atoms with E-state index >= 15 is 0 Å².